The number of amides is 1. The van der Waals surface area contributed by atoms with Gasteiger partial charge in [0, 0.05) is 21.9 Å². The fourth-order valence-corrected chi connectivity index (χ4v) is 3.18. The minimum atomic E-state index is -4.54. The molecule has 25 heavy (non-hydrogen) atoms. The van der Waals surface area contributed by atoms with Crippen molar-refractivity contribution in [3.05, 3.63) is 59.9 Å². The average molecular weight is 343 g/mol. The minimum Gasteiger partial charge on any atom is -0.321 e. The highest BCUT2D eigenvalue weighted by atomic mass is 19.4. The summed E-state index contributed by atoms with van der Waals surface area (Å²) in [5.41, 5.74) is 1.61. The van der Waals surface area contributed by atoms with Crippen LogP contribution >= 0.6 is 0 Å². The fourth-order valence-electron chi connectivity index (χ4n) is 3.18. The molecule has 0 aliphatic carbocycles. The molecule has 0 bridgehead atoms. The molecular formula is C18H12F3N3O. The zero-order chi connectivity index (χ0) is 17.9. The Morgan fingerprint density at radius 2 is 2.04 bits per heavy atom. The SMILES string of the molecule is C=C(C)c1cc(-n2nccc2C(F)(F)F)c2cccc3c2c1NC3=O. The van der Waals surface area contributed by atoms with Crippen LogP contribution in [0.5, 0.6) is 0 Å². The summed E-state index contributed by atoms with van der Waals surface area (Å²) >= 11 is 0. The van der Waals surface area contributed by atoms with Gasteiger partial charge in [-0.25, -0.2) is 4.68 Å². The van der Waals surface area contributed by atoms with E-state index in [1.807, 2.05) is 0 Å². The molecule has 2 heterocycles. The molecule has 1 N–H and O–H groups in total. The molecule has 3 aromatic rings. The number of allylic oxidation sites excluding steroid dienone is 1. The van der Waals surface area contributed by atoms with Crippen molar-refractivity contribution in [1.29, 1.82) is 0 Å². The van der Waals surface area contributed by atoms with Crippen LogP contribution in [-0.4, -0.2) is 15.7 Å². The monoisotopic (exact) mass is 343 g/mol. The van der Waals surface area contributed by atoms with E-state index in [4.69, 9.17) is 0 Å². The molecule has 0 atom stereocenters. The molecule has 0 saturated heterocycles. The normalized spacial score (nSPS) is 13.4. The predicted octanol–water partition coefficient (Wildman–Crippen LogP) is 4.64. The van der Waals surface area contributed by atoms with Crippen LogP contribution in [0.2, 0.25) is 0 Å². The number of nitrogens with zero attached hydrogens (tertiary/aromatic N) is 2. The van der Waals surface area contributed by atoms with Gasteiger partial charge in [0.1, 0.15) is 5.69 Å². The van der Waals surface area contributed by atoms with Crippen LogP contribution in [0.4, 0.5) is 18.9 Å². The summed E-state index contributed by atoms with van der Waals surface area (Å²) in [6.07, 6.45) is -3.44. The number of carbonyl (C=O) groups is 1. The van der Waals surface area contributed by atoms with E-state index in [0.717, 1.165) is 16.9 Å². The number of nitrogens with one attached hydrogen (secondary N) is 1. The molecule has 0 fully saturated rings. The lowest BCUT2D eigenvalue weighted by Gasteiger charge is -2.16. The van der Waals surface area contributed by atoms with E-state index in [-0.39, 0.29) is 11.6 Å². The Morgan fingerprint density at radius 3 is 2.72 bits per heavy atom. The average Bonchev–Trinajstić information content (AvgIpc) is 3.14. The van der Waals surface area contributed by atoms with Crippen LogP contribution < -0.4 is 5.32 Å². The molecule has 4 rings (SSSR count). The Hall–Kier alpha value is -3.09. The second kappa shape index (κ2) is 4.95. The van der Waals surface area contributed by atoms with Crippen LogP contribution in [0.1, 0.15) is 28.5 Å². The number of halogens is 3. The van der Waals surface area contributed by atoms with Gasteiger partial charge in [-0.1, -0.05) is 18.7 Å². The number of anilines is 1. The number of alkyl halides is 3. The molecule has 126 valence electrons. The van der Waals surface area contributed by atoms with Crippen molar-refractivity contribution >= 4 is 27.9 Å². The highest BCUT2D eigenvalue weighted by Gasteiger charge is 2.36. The summed E-state index contributed by atoms with van der Waals surface area (Å²) in [6, 6.07) is 7.48. The highest BCUT2D eigenvalue weighted by Crippen LogP contribution is 2.42. The maximum atomic E-state index is 13.3. The van der Waals surface area contributed by atoms with Gasteiger partial charge in [0.15, 0.2) is 0 Å². The zero-order valence-corrected chi connectivity index (χ0v) is 13.1. The van der Waals surface area contributed by atoms with Crippen molar-refractivity contribution in [3.8, 4) is 5.69 Å². The molecule has 0 saturated carbocycles. The molecular weight excluding hydrogens is 331 g/mol. The maximum Gasteiger partial charge on any atom is 0.433 e. The fraction of sp³-hybridized carbons (Fsp3) is 0.111. The first kappa shape index (κ1) is 15.4. The van der Waals surface area contributed by atoms with Crippen LogP contribution in [0.3, 0.4) is 0 Å². The first-order chi connectivity index (χ1) is 11.8. The maximum absolute atomic E-state index is 13.3. The van der Waals surface area contributed by atoms with E-state index in [1.165, 1.54) is 0 Å². The van der Waals surface area contributed by atoms with Crippen molar-refractivity contribution in [2.75, 3.05) is 5.32 Å². The molecule has 2 aromatic carbocycles. The van der Waals surface area contributed by atoms with Crippen LogP contribution in [0, 0.1) is 0 Å². The van der Waals surface area contributed by atoms with E-state index in [9.17, 15) is 18.0 Å². The number of rotatable bonds is 2. The van der Waals surface area contributed by atoms with Gasteiger partial charge in [0.25, 0.3) is 5.91 Å². The van der Waals surface area contributed by atoms with Gasteiger partial charge in [0.2, 0.25) is 0 Å². The summed E-state index contributed by atoms with van der Waals surface area (Å²) in [6.45, 7) is 5.62. The minimum absolute atomic E-state index is 0.257. The molecule has 7 heteroatoms. The third-order valence-corrected chi connectivity index (χ3v) is 4.25. The summed E-state index contributed by atoms with van der Waals surface area (Å²) in [4.78, 5) is 12.2. The third-order valence-electron chi connectivity index (χ3n) is 4.25. The van der Waals surface area contributed by atoms with Gasteiger partial charge in [-0.3, -0.25) is 4.79 Å². The molecule has 0 unspecified atom stereocenters. The lowest BCUT2D eigenvalue weighted by atomic mass is 9.97. The number of aromatic nitrogens is 2. The molecule has 4 nitrogen and oxygen atoms in total. The Morgan fingerprint density at radius 1 is 1.28 bits per heavy atom. The van der Waals surface area contributed by atoms with Crippen molar-refractivity contribution < 1.29 is 18.0 Å². The van der Waals surface area contributed by atoms with E-state index in [2.05, 4.69) is 17.0 Å². The van der Waals surface area contributed by atoms with Gasteiger partial charge in [-0.2, -0.15) is 18.3 Å². The lowest BCUT2D eigenvalue weighted by Crippen LogP contribution is -2.13. The van der Waals surface area contributed by atoms with Crippen LogP contribution in [0.25, 0.3) is 22.0 Å². The van der Waals surface area contributed by atoms with Gasteiger partial charge >= 0.3 is 6.18 Å². The van der Waals surface area contributed by atoms with Crippen molar-refractivity contribution in [3.63, 3.8) is 0 Å². The Balaban J connectivity index is 2.14. The van der Waals surface area contributed by atoms with Crippen LogP contribution in [-0.2, 0) is 6.18 Å². The smallest absolute Gasteiger partial charge is 0.321 e. The first-order valence-corrected chi connectivity index (χ1v) is 7.47. The van der Waals surface area contributed by atoms with E-state index >= 15 is 0 Å². The van der Waals surface area contributed by atoms with Crippen molar-refractivity contribution in [2.24, 2.45) is 0 Å². The molecule has 1 aliphatic heterocycles. The predicted molar refractivity (Wildman–Crippen MR) is 88.7 cm³/mol. The molecule has 0 spiro atoms. The zero-order valence-electron chi connectivity index (χ0n) is 13.1. The first-order valence-electron chi connectivity index (χ1n) is 7.47. The van der Waals surface area contributed by atoms with E-state index in [0.29, 0.717) is 33.2 Å². The van der Waals surface area contributed by atoms with Crippen LogP contribution in [0.15, 0.2) is 43.1 Å². The molecule has 0 radical (unpaired) electrons. The third kappa shape index (κ3) is 2.15. The summed E-state index contributed by atoms with van der Waals surface area (Å²) < 4.78 is 40.8. The van der Waals surface area contributed by atoms with E-state index < -0.39 is 11.9 Å². The van der Waals surface area contributed by atoms with Gasteiger partial charge in [0.05, 0.1) is 17.6 Å². The molecule has 1 amide bonds. The van der Waals surface area contributed by atoms with Crippen molar-refractivity contribution in [2.45, 2.75) is 13.1 Å². The molecule has 1 aliphatic rings. The largest absolute Gasteiger partial charge is 0.433 e. The molecule has 1 aromatic heterocycles. The Kier molecular flexibility index (Phi) is 3.06. The Labute approximate surface area is 140 Å². The summed E-state index contributed by atoms with van der Waals surface area (Å²) in [7, 11) is 0. The number of carbonyl (C=O) groups excluding carboxylic acids is 1. The second-order valence-corrected chi connectivity index (χ2v) is 5.91. The van der Waals surface area contributed by atoms with Crippen molar-refractivity contribution in [1.82, 2.24) is 9.78 Å². The number of hydrogen-bond acceptors (Lipinski definition) is 2. The summed E-state index contributed by atoms with van der Waals surface area (Å²) in [5.74, 6) is -0.281. The topological polar surface area (TPSA) is 46.9 Å². The number of hydrogen-bond donors (Lipinski definition) is 1. The second-order valence-electron chi connectivity index (χ2n) is 5.91. The quantitative estimate of drug-likeness (QED) is 0.737. The summed E-state index contributed by atoms with van der Waals surface area (Å²) in [5, 5.41) is 7.76. The standard InChI is InChI=1S/C18H12F3N3O/c1-9(2)12-8-13(24-14(6-7-22-24)18(19,20)21)10-4-3-5-11-15(10)16(12)23-17(11)25/h3-8H,1H2,2H3,(H,23,25). The lowest BCUT2D eigenvalue weighted by molar-refractivity contribution is -0.142. The highest BCUT2D eigenvalue weighted by molar-refractivity contribution is 6.26. The van der Waals surface area contributed by atoms with E-state index in [1.54, 1.807) is 31.2 Å². The van der Waals surface area contributed by atoms with Gasteiger partial charge in [-0.05, 0) is 30.7 Å². The number of benzene rings is 2. The van der Waals surface area contributed by atoms with Gasteiger partial charge < -0.3 is 5.32 Å². The van der Waals surface area contributed by atoms with Gasteiger partial charge in [-0.15, -0.1) is 0 Å². The Bertz CT molecular complexity index is 1060.